The molecule has 0 unspecified atom stereocenters. The van der Waals surface area contributed by atoms with Gasteiger partial charge in [-0.2, -0.15) is 0 Å². The van der Waals surface area contributed by atoms with E-state index in [1.807, 2.05) is 6.92 Å². The van der Waals surface area contributed by atoms with E-state index in [4.69, 9.17) is 4.74 Å². The van der Waals surface area contributed by atoms with Gasteiger partial charge >= 0.3 is 0 Å². The Bertz CT molecular complexity index is 331. The lowest BCUT2D eigenvalue weighted by molar-refractivity contribution is 0.211. The van der Waals surface area contributed by atoms with Gasteiger partial charge in [-0.1, -0.05) is 30.4 Å². The van der Waals surface area contributed by atoms with Crippen molar-refractivity contribution in [1.29, 1.82) is 0 Å². The highest BCUT2D eigenvalue weighted by Gasteiger charge is 2.01. The van der Waals surface area contributed by atoms with Gasteiger partial charge < -0.3 is 10.1 Å². The summed E-state index contributed by atoms with van der Waals surface area (Å²) in [7, 11) is 1.71. The fourth-order valence-electron chi connectivity index (χ4n) is 1.53. The molecular weight excluding hydrogens is 186 g/mol. The van der Waals surface area contributed by atoms with Crippen LogP contribution in [0.15, 0.2) is 24.3 Å². The van der Waals surface area contributed by atoms with E-state index in [0.717, 1.165) is 13.2 Å². The highest BCUT2D eigenvalue weighted by Crippen LogP contribution is 2.21. The van der Waals surface area contributed by atoms with Gasteiger partial charge in [-0.25, -0.2) is 0 Å². The van der Waals surface area contributed by atoms with Crippen molar-refractivity contribution in [2.45, 2.75) is 13.8 Å². The summed E-state index contributed by atoms with van der Waals surface area (Å²) in [6.45, 7) is 5.71. The number of hydrogen-bond donors (Lipinski definition) is 1. The van der Waals surface area contributed by atoms with Crippen molar-refractivity contribution in [3.05, 3.63) is 35.4 Å². The van der Waals surface area contributed by atoms with Crippen LogP contribution >= 0.6 is 0 Å². The van der Waals surface area contributed by atoms with Crippen molar-refractivity contribution in [2.75, 3.05) is 25.6 Å². The molecule has 0 aromatic heterocycles. The molecule has 0 bridgehead atoms. The number of anilines is 1. The maximum absolute atomic E-state index is 5.02. The molecular formula is C13H19NO. The Morgan fingerprint density at radius 3 is 2.87 bits per heavy atom. The van der Waals surface area contributed by atoms with E-state index in [0.29, 0.717) is 0 Å². The normalized spacial score (nSPS) is 10.9. The predicted molar refractivity (Wildman–Crippen MR) is 66.3 cm³/mol. The third-order valence-corrected chi connectivity index (χ3v) is 2.26. The molecule has 0 amide bonds. The second-order valence-corrected chi connectivity index (χ2v) is 3.46. The summed E-state index contributed by atoms with van der Waals surface area (Å²) in [6, 6.07) is 6.30. The van der Waals surface area contributed by atoms with Gasteiger partial charge in [0.15, 0.2) is 0 Å². The van der Waals surface area contributed by atoms with Crippen LogP contribution in [0.3, 0.4) is 0 Å². The molecule has 0 fully saturated rings. The molecule has 1 rings (SSSR count). The number of methoxy groups -OCH3 is 1. The maximum atomic E-state index is 5.02. The van der Waals surface area contributed by atoms with Crippen LogP contribution in [0.25, 0.3) is 6.08 Å². The Morgan fingerprint density at radius 2 is 2.20 bits per heavy atom. The van der Waals surface area contributed by atoms with Gasteiger partial charge in [0.05, 0.1) is 6.61 Å². The average molecular weight is 205 g/mol. The summed E-state index contributed by atoms with van der Waals surface area (Å²) >= 11 is 0. The molecule has 0 saturated carbocycles. The zero-order valence-corrected chi connectivity index (χ0v) is 9.71. The summed E-state index contributed by atoms with van der Waals surface area (Å²) in [5, 5.41) is 3.39. The number of rotatable bonds is 5. The van der Waals surface area contributed by atoms with Crippen molar-refractivity contribution >= 4 is 11.8 Å². The standard InChI is InChI=1S/C13H19NO/c1-4-6-12-8-5-7-11(2)13(12)14-9-10-15-3/h4-8,14H,9-10H2,1-3H3. The Labute approximate surface area is 92.0 Å². The highest BCUT2D eigenvalue weighted by molar-refractivity contribution is 5.69. The number of para-hydroxylation sites is 1. The molecule has 0 atom stereocenters. The van der Waals surface area contributed by atoms with Crippen molar-refractivity contribution < 1.29 is 4.74 Å². The number of benzene rings is 1. The Kier molecular flexibility index (Phi) is 4.91. The number of hydrogen-bond acceptors (Lipinski definition) is 2. The largest absolute Gasteiger partial charge is 0.383 e. The Morgan fingerprint density at radius 1 is 1.40 bits per heavy atom. The highest BCUT2D eigenvalue weighted by atomic mass is 16.5. The van der Waals surface area contributed by atoms with E-state index in [1.165, 1.54) is 16.8 Å². The first-order chi connectivity index (χ1) is 7.29. The molecule has 82 valence electrons. The Balaban J connectivity index is 2.82. The van der Waals surface area contributed by atoms with Gasteiger partial charge in [0.25, 0.3) is 0 Å². The van der Waals surface area contributed by atoms with Crippen molar-refractivity contribution in [3.63, 3.8) is 0 Å². The molecule has 0 aliphatic carbocycles. The first-order valence-corrected chi connectivity index (χ1v) is 5.24. The van der Waals surface area contributed by atoms with Crippen molar-refractivity contribution in [3.8, 4) is 0 Å². The predicted octanol–water partition coefficient (Wildman–Crippen LogP) is 3.09. The molecule has 0 radical (unpaired) electrons. The molecule has 0 aliphatic rings. The molecule has 0 saturated heterocycles. The quantitative estimate of drug-likeness (QED) is 0.746. The van der Waals surface area contributed by atoms with E-state index >= 15 is 0 Å². The van der Waals surface area contributed by atoms with Crippen LogP contribution in [0.2, 0.25) is 0 Å². The molecule has 1 aromatic rings. The van der Waals surface area contributed by atoms with E-state index < -0.39 is 0 Å². The topological polar surface area (TPSA) is 21.3 Å². The van der Waals surface area contributed by atoms with E-state index in [9.17, 15) is 0 Å². The van der Waals surface area contributed by atoms with Crippen molar-refractivity contribution in [1.82, 2.24) is 0 Å². The van der Waals surface area contributed by atoms with Crippen LogP contribution in [0.4, 0.5) is 5.69 Å². The summed E-state index contributed by atoms with van der Waals surface area (Å²) in [4.78, 5) is 0. The van der Waals surface area contributed by atoms with Gasteiger partial charge in [-0.05, 0) is 25.0 Å². The maximum Gasteiger partial charge on any atom is 0.0635 e. The average Bonchev–Trinajstić information content (AvgIpc) is 2.23. The lowest BCUT2D eigenvalue weighted by Crippen LogP contribution is -2.09. The number of allylic oxidation sites excluding steroid dienone is 1. The zero-order valence-electron chi connectivity index (χ0n) is 9.71. The molecule has 2 heteroatoms. The summed E-state index contributed by atoms with van der Waals surface area (Å²) in [5.41, 5.74) is 3.70. The first kappa shape index (κ1) is 11.8. The van der Waals surface area contributed by atoms with Crippen LogP contribution in [0, 0.1) is 6.92 Å². The molecule has 2 nitrogen and oxygen atoms in total. The summed E-state index contributed by atoms with van der Waals surface area (Å²) in [6.07, 6.45) is 4.17. The zero-order chi connectivity index (χ0) is 11.1. The second-order valence-electron chi connectivity index (χ2n) is 3.46. The fraction of sp³-hybridized carbons (Fsp3) is 0.385. The molecule has 0 aliphatic heterocycles. The lowest BCUT2D eigenvalue weighted by atomic mass is 10.1. The molecule has 15 heavy (non-hydrogen) atoms. The minimum absolute atomic E-state index is 0.726. The number of ether oxygens (including phenoxy) is 1. The third kappa shape index (κ3) is 3.40. The van der Waals surface area contributed by atoms with Gasteiger partial charge in [0.2, 0.25) is 0 Å². The third-order valence-electron chi connectivity index (χ3n) is 2.26. The van der Waals surface area contributed by atoms with Gasteiger partial charge in [0, 0.05) is 19.3 Å². The summed E-state index contributed by atoms with van der Waals surface area (Å²) < 4.78 is 5.02. The van der Waals surface area contributed by atoms with Gasteiger partial charge in [0.1, 0.15) is 0 Å². The van der Waals surface area contributed by atoms with E-state index in [-0.39, 0.29) is 0 Å². The SMILES string of the molecule is CC=Cc1cccc(C)c1NCCOC. The number of nitrogens with one attached hydrogen (secondary N) is 1. The summed E-state index contributed by atoms with van der Waals surface area (Å²) in [5.74, 6) is 0. The van der Waals surface area contributed by atoms with E-state index in [1.54, 1.807) is 7.11 Å². The smallest absolute Gasteiger partial charge is 0.0635 e. The van der Waals surface area contributed by atoms with Gasteiger partial charge in [-0.3, -0.25) is 0 Å². The monoisotopic (exact) mass is 205 g/mol. The molecule has 1 aromatic carbocycles. The van der Waals surface area contributed by atoms with Crippen molar-refractivity contribution in [2.24, 2.45) is 0 Å². The van der Waals surface area contributed by atoms with Crippen LogP contribution in [-0.4, -0.2) is 20.3 Å². The minimum Gasteiger partial charge on any atom is -0.383 e. The lowest BCUT2D eigenvalue weighted by Gasteiger charge is -2.12. The first-order valence-electron chi connectivity index (χ1n) is 5.24. The Hall–Kier alpha value is -1.28. The van der Waals surface area contributed by atoms with Gasteiger partial charge in [-0.15, -0.1) is 0 Å². The van der Waals surface area contributed by atoms with Crippen LogP contribution < -0.4 is 5.32 Å². The number of aryl methyl sites for hydroxylation is 1. The minimum atomic E-state index is 0.726. The molecule has 0 heterocycles. The fourth-order valence-corrected chi connectivity index (χ4v) is 1.53. The van der Waals surface area contributed by atoms with E-state index in [2.05, 4.69) is 42.6 Å². The second kappa shape index (κ2) is 6.25. The molecule has 0 spiro atoms. The van der Waals surface area contributed by atoms with Crippen LogP contribution in [0.1, 0.15) is 18.1 Å². The molecule has 1 N–H and O–H groups in total. The van der Waals surface area contributed by atoms with Crippen LogP contribution in [-0.2, 0) is 4.74 Å². The van der Waals surface area contributed by atoms with Crippen LogP contribution in [0.5, 0.6) is 0 Å².